The second-order valence-electron chi connectivity index (χ2n) is 5.39. The van der Waals surface area contributed by atoms with E-state index in [1.54, 1.807) is 24.3 Å². The molecule has 2 aromatic heterocycles. The highest BCUT2D eigenvalue weighted by molar-refractivity contribution is 7.13. The molecule has 0 bridgehead atoms. The standard InChI is InChI=1S/C18H16ClN3O2S/c1-3-22-18(24)17(20-13-7-4-6-12(19)10-13)15(11(2)23)16(21-22)14-8-5-9-25-14/h4-10,20H,3H2,1-2H3. The monoisotopic (exact) mass is 373 g/mol. The Hall–Kier alpha value is -2.44. The minimum Gasteiger partial charge on any atom is -0.350 e. The highest BCUT2D eigenvalue weighted by atomic mass is 35.5. The topological polar surface area (TPSA) is 64.0 Å². The van der Waals surface area contributed by atoms with Gasteiger partial charge in [-0.05, 0) is 43.5 Å². The van der Waals surface area contributed by atoms with Crippen molar-refractivity contribution in [3.8, 4) is 10.6 Å². The zero-order valence-electron chi connectivity index (χ0n) is 13.7. The van der Waals surface area contributed by atoms with E-state index in [-0.39, 0.29) is 22.6 Å². The summed E-state index contributed by atoms with van der Waals surface area (Å²) in [5.41, 5.74) is 1.31. The van der Waals surface area contributed by atoms with E-state index in [9.17, 15) is 9.59 Å². The summed E-state index contributed by atoms with van der Waals surface area (Å²) in [6.45, 7) is 3.68. The minimum atomic E-state index is -0.340. The number of nitrogens with one attached hydrogen (secondary N) is 1. The summed E-state index contributed by atoms with van der Waals surface area (Å²) in [5, 5.41) is 9.92. The number of aromatic nitrogens is 2. The summed E-state index contributed by atoms with van der Waals surface area (Å²) in [4.78, 5) is 26.0. The molecule has 0 spiro atoms. The average molecular weight is 374 g/mol. The Kier molecular flexibility index (Phi) is 5.01. The van der Waals surface area contributed by atoms with E-state index in [0.29, 0.717) is 22.9 Å². The van der Waals surface area contributed by atoms with Crippen molar-refractivity contribution in [3.05, 3.63) is 62.7 Å². The van der Waals surface area contributed by atoms with Crippen LogP contribution in [-0.2, 0) is 6.54 Å². The summed E-state index contributed by atoms with van der Waals surface area (Å²) < 4.78 is 1.36. The third kappa shape index (κ3) is 3.50. The first-order valence-electron chi connectivity index (χ1n) is 7.73. The summed E-state index contributed by atoms with van der Waals surface area (Å²) in [6, 6.07) is 10.8. The molecular formula is C18H16ClN3O2S. The molecule has 3 aromatic rings. The highest BCUT2D eigenvalue weighted by Crippen LogP contribution is 2.30. The second-order valence-corrected chi connectivity index (χ2v) is 6.77. The Labute approximate surface area is 153 Å². The molecule has 0 radical (unpaired) electrons. The number of thiophene rings is 1. The minimum absolute atomic E-state index is 0.218. The number of carbonyl (C=O) groups is 1. The average Bonchev–Trinajstić information content (AvgIpc) is 3.10. The lowest BCUT2D eigenvalue weighted by atomic mass is 10.1. The lowest BCUT2D eigenvalue weighted by Crippen LogP contribution is -2.28. The highest BCUT2D eigenvalue weighted by Gasteiger charge is 2.22. The normalized spacial score (nSPS) is 10.7. The van der Waals surface area contributed by atoms with E-state index in [0.717, 1.165) is 4.88 Å². The van der Waals surface area contributed by atoms with Crippen molar-refractivity contribution < 1.29 is 4.79 Å². The lowest BCUT2D eigenvalue weighted by molar-refractivity contribution is 0.101. The van der Waals surface area contributed by atoms with E-state index in [4.69, 9.17) is 11.6 Å². The smallest absolute Gasteiger partial charge is 0.291 e. The number of ketones is 1. The molecule has 0 aliphatic carbocycles. The van der Waals surface area contributed by atoms with Gasteiger partial charge in [-0.25, -0.2) is 4.68 Å². The number of hydrogen-bond donors (Lipinski definition) is 1. The van der Waals surface area contributed by atoms with E-state index in [2.05, 4.69) is 10.4 Å². The van der Waals surface area contributed by atoms with Crippen LogP contribution in [0.3, 0.4) is 0 Å². The van der Waals surface area contributed by atoms with Gasteiger partial charge in [-0.15, -0.1) is 11.3 Å². The summed E-state index contributed by atoms with van der Waals surface area (Å²) in [7, 11) is 0. The van der Waals surface area contributed by atoms with Crippen LogP contribution in [0.1, 0.15) is 24.2 Å². The van der Waals surface area contributed by atoms with Crippen LogP contribution >= 0.6 is 22.9 Å². The van der Waals surface area contributed by atoms with Crippen LogP contribution < -0.4 is 10.9 Å². The molecule has 0 saturated heterocycles. The maximum Gasteiger partial charge on any atom is 0.291 e. The number of benzene rings is 1. The van der Waals surface area contributed by atoms with Crippen LogP contribution in [0.5, 0.6) is 0 Å². The molecule has 25 heavy (non-hydrogen) atoms. The molecule has 7 heteroatoms. The predicted octanol–water partition coefficient (Wildman–Crippen LogP) is 4.59. The Bertz CT molecular complexity index is 980. The van der Waals surface area contributed by atoms with Crippen molar-refractivity contribution in [1.82, 2.24) is 9.78 Å². The fourth-order valence-corrected chi connectivity index (χ4v) is 3.45. The van der Waals surface area contributed by atoms with Gasteiger partial charge in [0.1, 0.15) is 11.4 Å². The van der Waals surface area contributed by atoms with Crippen LogP contribution in [0.15, 0.2) is 46.6 Å². The van der Waals surface area contributed by atoms with Crippen LogP contribution in [0.4, 0.5) is 11.4 Å². The van der Waals surface area contributed by atoms with Gasteiger partial charge in [0.15, 0.2) is 5.78 Å². The lowest BCUT2D eigenvalue weighted by Gasteiger charge is -2.15. The first-order chi connectivity index (χ1) is 12.0. The van der Waals surface area contributed by atoms with Gasteiger partial charge in [0.2, 0.25) is 0 Å². The van der Waals surface area contributed by atoms with Crippen LogP contribution in [0.2, 0.25) is 5.02 Å². The Morgan fingerprint density at radius 1 is 1.32 bits per heavy atom. The van der Waals surface area contributed by atoms with Gasteiger partial charge in [0.05, 0.1) is 10.4 Å². The predicted molar refractivity (Wildman–Crippen MR) is 102 cm³/mol. The van der Waals surface area contributed by atoms with Gasteiger partial charge in [-0.1, -0.05) is 23.7 Å². The van der Waals surface area contributed by atoms with E-state index in [1.165, 1.54) is 22.9 Å². The van der Waals surface area contributed by atoms with Crippen LogP contribution in [-0.4, -0.2) is 15.6 Å². The Morgan fingerprint density at radius 2 is 2.12 bits per heavy atom. The van der Waals surface area contributed by atoms with Crippen molar-refractivity contribution in [2.75, 3.05) is 5.32 Å². The fraction of sp³-hybridized carbons (Fsp3) is 0.167. The molecule has 1 aromatic carbocycles. The summed E-state index contributed by atoms with van der Waals surface area (Å²) >= 11 is 7.49. The SMILES string of the molecule is CCn1nc(-c2cccs2)c(C(C)=O)c(Nc2cccc(Cl)c2)c1=O. The Balaban J connectivity index is 2.26. The molecule has 0 unspecified atom stereocenters. The number of anilines is 2. The molecular weight excluding hydrogens is 358 g/mol. The molecule has 128 valence electrons. The second kappa shape index (κ2) is 7.21. The quantitative estimate of drug-likeness (QED) is 0.664. The van der Waals surface area contributed by atoms with Gasteiger partial charge >= 0.3 is 0 Å². The van der Waals surface area contributed by atoms with Gasteiger partial charge in [0, 0.05) is 17.3 Å². The molecule has 0 saturated carbocycles. The van der Waals surface area contributed by atoms with Gasteiger partial charge in [-0.3, -0.25) is 9.59 Å². The van der Waals surface area contributed by atoms with Crippen molar-refractivity contribution in [3.63, 3.8) is 0 Å². The van der Waals surface area contributed by atoms with Crippen LogP contribution in [0.25, 0.3) is 10.6 Å². The molecule has 1 N–H and O–H groups in total. The zero-order chi connectivity index (χ0) is 18.0. The Morgan fingerprint density at radius 3 is 2.72 bits per heavy atom. The molecule has 0 fully saturated rings. The number of carbonyl (C=O) groups excluding carboxylic acids is 1. The summed E-state index contributed by atoms with van der Waals surface area (Å²) in [5.74, 6) is -0.221. The number of rotatable bonds is 5. The first-order valence-corrected chi connectivity index (χ1v) is 8.99. The third-order valence-corrected chi connectivity index (χ3v) is 4.77. The molecule has 5 nitrogen and oxygen atoms in total. The first kappa shape index (κ1) is 17.4. The number of hydrogen-bond acceptors (Lipinski definition) is 5. The molecule has 0 atom stereocenters. The summed E-state index contributed by atoms with van der Waals surface area (Å²) in [6.07, 6.45) is 0. The molecule has 0 aliphatic rings. The van der Waals surface area contributed by atoms with Gasteiger partial charge in [-0.2, -0.15) is 5.10 Å². The molecule has 2 heterocycles. The third-order valence-electron chi connectivity index (χ3n) is 3.66. The van der Waals surface area contributed by atoms with E-state index < -0.39 is 0 Å². The zero-order valence-corrected chi connectivity index (χ0v) is 15.3. The van der Waals surface area contributed by atoms with Crippen molar-refractivity contribution in [1.29, 1.82) is 0 Å². The van der Waals surface area contributed by atoms with Crippen LogP contribution in [0, 0.1) is 0 Å². The molecule has 0 aliphatic heterocycles. The number of Topliss-reactive ketones (excluding diaryl/α,β-unsaturated/α-hetero) is 1. The van der Waals surface area contributed by atoms with Crippen molar-refractivity contribution in [2.24, 2.45) is 0 Å². The fourth-order valence-electron chi connectivity index (χ4n) is 2.54. The van der Waals surface area contributed by atoms with Gasteiger partial charge < -0.3 is 5.32 Å². The van der Waals surface area contributed by atoms with E-state index >= 15 is 0 Å². The molecule has 3 rings (SSSR count). The van der Waals surface area contributed by atoms with Gasteiger partial charge in [0.25, 0.3) is 5.56 Å². The maximum absolute atomic E-state index is 12.8. The molecule has 0 amide bonds. The maximum atomic E-state index is 12.8. The van der Waals surface area contributed by atoms with Crippen molar-refractivity contribution >= 4 is 40.1 Å². The number of aryl methyl sites for hydroxylation is 1. The number of nitrogens with zero attached hydrogens (tertiary/aromatic N) is 2. The largest absolute Gasteiger partial charge is 0.350 e. The van der Waals surface area contributed by atoms with Crippen molar-refractivity contribution in [2.45, 2.75) is 20.4 Å². The van der Waals surface area contributed by atoms with E-state index in [1.807, 2.05) is 24.4 Å². The number of halogens is 1.